The van der Waals surface area contributed by atoms with Crippen LogP contribution in [0.3, 0.4) is 0 Å². The highest BCUT2D eigenvalue weighted by atomic mass is 16.2. The van der Waals surface area contributed by atoms with Crippen LogP contribution in [0.1, 0.15) is 0 Å². The Morgan fingerprint density at radius 1 is 2.00 bits per heavy atom. The minimum Gasteiger partial charge on any atom is -0.353 e. The van der Waals surface area contributed by atoms with Gasteiger partial charge in [-0.05, 0) is 0 Å². The van der Waals surface area contributed by atoms with Crippen LogP contribution in [-0.4, -0.2) is 18.5 Å². The molecule has 0 bridgehead atoms. The van der Waals surface area contributed by atoms with Crippen molar-refractivity contribution in [2.45, 2.75) is 6.04 Å². The van der Waals surface area contributed by atoms with Gasteiger partial charge in [0.2, 0.25) is 5.91 Å². The molecule has 1 unspecified atom stereocenters. The highest BCUT2D eigenvalue weighted by molar-refractivity contribution is 5.87. The fourth-order valence-corrected chi connectivity index (χ4v) is 0.303. The van der Waals surface area contributed by atoms with Crippen molar-refractivity contribution >= 4 is 5.91 Å². The number of nitrogens with two attached hydrogens (primary N) is 1. The SMILES string of the molecule is NC1CNC1=O. The van der Waals surface area contributed by atoms with Crippen molar-refractivity contribution in [1.29, 1.82) is 0 Å². The Morgan fingerprint density at radius 2 is 2.50 bits per heavy atom. The number of carbonyl (C=O) groups is 1. The average molecular weight is 86.1 g/mol. The molecule has 0 aromatic carbocycles. The highest BCUT2D eigenvalue weighted by Gasteiger charge is 2.21. The third-order valence-electron chi connectivity index (χ3n) is 0.833. The van der Waals surface area contributed by atoms with E-state index in [0.717, 1.165) is 0 Å². The summed E-state index contributed by atoms with van der Waals surface area (Å²) in [6, 6.07) is -0.218. The van der Waals surface area contributed by atoms with E-state index >= 15 is 0 Å². The number of β-lactam (4-membered cyclic amide) rings is 1. The van der Waals surface area contributed by atoms with E-state index in [4.69, 9.17) is 5.73 Å². The van der Waals surface area contributed by atoms with Crippen molar-refractivity contribution in [1.82, 2.24) is 5.32 Å². The van der Waals surface area contributed by atoms with Gasteiger partial charge in [0.15, 0.2) is 0 Å². The average Bonchev–Trinajstić information content (AvgIpc) is 1.61. The molecule has 3 N–H and O–H groups in total. The predicted octanol–water partition coefficient (Wildman–Crippen LogP) is -1.56. The second-order valence-corrected chi connectivity index (χ2v) is 1.35. The van der Waals surface area contributed by atoms with Gasteiger partial charge >= 0.3 is 0 Å². The van der Waals surface area contributed by atoms with E-state index in [1.807, 2.05) is 0 Å². The molecule has 6 heavy (non-hydrogen) atoms. The van der Waals surface area contributed by atoms with Crippen molar-refractivity contribution in [3.63, 3.8) is 0 Å². The third kappa shape index (κ3) is 0.285. The number of amides is 1. The Labute approximate surface area is 35.5 Å². The summed E-state index contributed by atoms with van der Waals surface area (Å²) >= 11 is 0. The normalized spacial score (nSPS) is 31.5. The molecule has 1 rings (SSSR count). The summed E-state index contributed by atoms with van der Waals surface area (Å²) in [7, 11) is 0. The number of hydrogen-bond acceptors (Lipinski definition) is 2. The van der Waals surface area contributed by atoms with Crippen LogP contribution in [0.5, 0.6) is 0 Å². The van der Waals surface area contributed by atoms with E-state index in [1.54, 1.807) is 0 Å². The summed E-state index contributed by atoms with van der Waals surface area (Å²) in [5.41, 5.74) is 5.11. The highest BCUT2D eigenvalue weighted by Crippen LogP contribution is 1.85. The molecule has 1 aliphatic rings. The monoisotopic (exact) mass is 86.0 g/mol. The minimum atomic E-state index is -0.218. The lowest BCUT2D eigenvalue weighted by molar-refractivity contribution is -0.127. The Hall–Kier alpha value is -0.570. The quantitative estimate of drug-likeness (QED) is 0.350. The topological polar surface area (TPSA) is 55.1 Å². The predicted molar refractivity (Wildman–Crippen MR) is 21.0 cm³/mol. The Morgan fingerprint density at radius 3 is 2.50 bits per heavy atom. The third-order valence-corrected chi connectivity index (χ3v) is 0.833. The van der Waals surface area contributed by atoms with Crippen molar-refractivity contribution < 1.29 is 4.79 Å². The van der Waals surface area contributed by atoms with Crippen LogP contribution >= 0.6 is 0 Å². The summed E-state index contributed by atoms with van der Waals surface area (Å²) in [6.07, 6.45) is 0. The summed E-state index contributed by atoms with van der Waals surface area (Å²) < 4.78 is 0. The number of hydrogen-bond donors (Lipinski definition) is 2. The van der Waals surface area contributed by atoms with E-state index in [-0.39, 0.29) is 11.9 Å². The minimum absolute atomic E-state index is 0.0324. The number of rotatable bonds is 0. The van der Waals surface area contributed by atoms with Crippen molar-refractivity contribution in [3.8, 4) is 0 Å². The maximum Gasteiger partial charge on any atom is 0.238 e. The number of nitrogens with one attached hydrogen (secondary N) is 1. The van der Waals surface area contributed by atoms with Crippen molar-refractivity contribution in [3.05, 3.63) is 0 Å². The van der Waals surface area contributed by atoms with Gasteiger partial charge in [-0.2, -0.15) is 0 Å². The van der Waals surface area contributed by atoms with Crippen LogP contribution in [0, 0.1) is 0 Å². The summed E-state index contributed by atoms with van der Waals surface area (Å²) in [4.78, 5) is 9.99. The Balaban J connectivity index is 2.39. The smallest absolute Gasteiger partial charge is 0.238 e. The van der Waals surface area contributed by atoms with Gasteiger partial charge in [0.05, 0.1) is 0 Å². The molecule has 3 nitrogen and oxygen atoms in total. The molecule has 34 valence electrons. The fraction of sp³-hybridized carbons (Fsp3) is 0.667. The number of carbonyl (C=O) groups excluding carboxylic acids is 1. The molecule has 1 amide bonds. The zero-order valence-corrected chi connectivity index (χ0v) is 3.27. The Bertz CT molecular complexity index is 80.9. The van der Waals surface area contributed by atoms with Gasteiger partial charge in [-0.25, -0.2) is 0 Å². The molecule has 0 radical (unpaired) electrons. The first-order valence-corrected chi connectivity index (χ1v) is 1.84. The second kappa shape index (κ2) is 0.944. The first-order chi connectivity index (χ1) is 2.80. The molecule has 1 atom stereocenters. The zero-order chi connectivity index (χ0) is 4.57. The van der Waals surface area contributed by atoms with Crippen molar-refractivity contribution in [2.75, 3.05) is 6.54 Å². The van der Waals surface area contributed by atoms with Crippen LogP contribution in [0.2, 0.25) is 0 Å². The second-order valence-electron chi connectivity index (χ2n) is 1.35. The molecule has 1 aliphatic heterocycles. The molecule has 3 heteroatoms. The van der Waals surface area contributed by atoms with Crippen LogP contribution in [0.4, 0.5) is 0 Å². The van der Waals surface area contributed by atoms with Gasteiger partial charge in [0.25, 0.3) is 0 Å². The van der Waals surface area contributed by atoms with Gasteiger partial charge in [-0.3, -0.25) is 4.79 Å². The molecule has 0 aromatic rings. The van der Waals surface area contributed by atoms with Gasteiger partial charge in [0, 0.05) is 6.54 Å². The van der Waals surface area contributed by atoms with Crippen LogP contribution < -0.4 is 11.1 Å². The summed E-state index contributed by atoms with van der Waals surface area (Å²) in [5.74, 6) is -0.0324. The molecule has 0 saturated carbocycles. The van der Waals surface area contributed by atoms with Gasteiger partial charge in [-0.1, -0.05) is 0 Å². The first-order valence-electron chi connectivity index (χ1n) is 1.84. The van der Waals surface area contributed by atoms with E-state index < -0.39 is 0 Å². The molecular weight excluding hydrogens is 80.0 g/mol. The lowest BCUT2D eigenvalue weighted by Crippen LogP contribution is -2.58. The zero-order valence-electron chi connectivity index (χ0n) is 3.27. The Kier molecular flexibility index (Phi) is 0.569. The molecule has 0 aliphatic carbocycles. The lowest BCUT2D eigenvalue weighted by atomic mass is 10.2. The van der Waals surface area contributed by atoms with Gasteiger partial charge < -0.3 is 11.1 Å². The largest absolute Gasteiger partial charge is 0.353 e. The maximum atomic E-state index is 9.99. The van der Waals surface area contributed by atoms with Crippen LogP contribution in [0.15, 0.2) is 0 Å². The van der Waals surface area contributed by atoms with E-state index in [2.05, 4.69) is 5.32 Å². The van der Waals surface area contributed by atoms with E-state index in [1.165, 1.54) is 0 Å². The molecule has 0 spiro atoms. The molecule has 1 saturated heterocycles. The van der Waals surface area contributed by atoms with Crippen molar-refractivity contribution in [2.24, 2.45) is 5.73 Å². The first kappa shape index (κ1) is 3.61. The lowest BCUT2D eigenvalue weighted by Gasteiger charge is -2.20. The van der Waals surface area contributed by atoms with E-state index in [9.17, 15) is 4.79 Å². The maximum absolute atomic E-state index is 9.99. The summed E-state index contributed by atoms with van der Waals surface area (Å²) in [6.45, 7) is 0.652. The molecule has 1 fully saturated rings. The molecular formula is C3H6N2O. The van der Waals surface area contributed by atoms with E-state index in [0.29, 0.717) is 6.54 Å². The molecule has 0 aromatic heterocycles. The summed E-state index contributed by atoms with van der Waals surface area (Å²) in [5, 5.41) is 2.49. The van der Waals surface area contributed by atoms with Gasteiger partial charge in [0.1, 0.15) is 6.04 Å². The van der Waals surface area contributed by atoms with Crippen LogP contribution in [0.25, 0.3) is 0 Å². The van der Waals surface area contributed by atoms with Crippen LogP contribution in [-0.2, 0) is 4.79 Å². The fourth-order valence-electron chi connectivity index (χ4n) is 0.303. The van der Waals surface area contributed by atoms with Gasteiger partial charge in [-0.15, -0.1) is 0 Å². The standard InChI is InChI=1S/C3H6N2O/c4-2-1-5-3(2)6/h2H,1,4H2,(H,5,6). The molecule has 1 heterocycles.